The number of nitrogens with one attached hydrogen (secondary N) is 1. The SMILES string of the molecule is COc1cc(/C=C(\C#N)C(=O)NCc2ccccc2)ccc1OC(=O)CCN1C(=O)c2cccc([N+](=O)[O-])c2C1=O. The van der Waals surface area contributed by atoms with Crippen molar-refractivity contribution >= 4 is 35.5 Å². The van der Waals surface area contributed by atoms with E-state index < -0.39 is 34.3 Å². The largest absolute Gasteiger partial charge is 0.493 e. The van der Waals surface area contributed by atoms with Gasteiger partial charge < -0.3 is 14.8 Å². The summed E-state index contributed by atoms with van der Waals surface area (Å²) in [6, 6.07) is 19.2. The highest BCUT2D eigenvalue weighted by Gasteiger charge is 2.40. The van der Waals surface area contributed by atoms with Gasteiger partial charge in [0.15, 0.2) is 11.5 Å². The van der Waals surface area contributed by atoms with Gasteiger partial charge in [-0.25, -0.2) is 0 Å². The number of nitro groups is 1. The Morgan fingerprint density at radius 2 is 1.80 bits per heavy atom. The fourth-order valence-corrected chi connectivity index (χ4v) is 4.09. The van der Waals surface area contributed by atoms with E-state index in [4.69, 9.17) is 9.47 Å². The second-order valence-electron chi connectivity index (χ2n) is 8.69. The molecule has 3 amide bonds. The monoisotopic (exact) mass is 554 g/mol. The number of fused-ring (bicyclic) bond motifs is 1. The molecule has 0 bridgehead atoms. The standard InChI is InChI=1S/C29H22N4O8/c1-40-24-15-19(14-20(16-30)27(35)31-17-18-6-3-2-4-7-18)10-11-23(24)41-25(34)12-13-32-28(36)21-8-5-9-22(33(38)39)26(21)29(32)37/h2-11,14-15H,12-13,17H2,1H3,(H,31,35)/b20-14+. The Kier molecular flexibility index (Phi) is 8.49. The maximum atomic E-state index is 12.7. The van der Waals surface area contributed by atoms with Crippen LogP contribution in [0.1, 0.15) is 38.3 Å². The minimum Gasteiger partial charge on any atom is -0.493 e. The number of amides is 3. The highest BCUT2D eigenvalue weighted by Crippen LogP contribution is 2.32. The number of benzene rings is 3. The highest BCUT2D eigenvalue weighted by atomic mass is 16.6. The molecule has 0 atom stereocenters. The van der Waals surface area contributed by atoms with E-state index >= 15 is 0 Å². The zero-order valence-electron chi connectivity index (χ0n) is 21.7. The van der Waals surface area contributed by atoms with Crippen LogP contribution in [-0.4, -0.2) is 47.2 Å². The molecule has 3 aromatic rings. The van der Waals surface area contributed by atoms with Crippen molar-refractivity contribution in [3.05, 3.63) is 105 Å². The van der Waals surface area contributed by atoms with Gasteiger partial charge in [-0.05, 0) is 35.4 Å². The first kappa shape index (κ1) is 28.2. The molecule has 0 spiro atoms. The van der Waals surface area contributed by atoms with Crippen LogP contribution in [0.3, 0.4) is 0 Å². The van der Waals surface area contributed by atoms with Gasteiger partial charge in [0.05, 0.1) is 24.0 Å². The first-order valence-electron chi connectivity index (χ1n) is 12.2. The Hall–Kier alpha value is -5.83. The molecule has 12 nitrogen and oxygen atoms in total. The average molecular weight is 555 g/mol. The van der Waals surface area contributed by atoms with Crippen molar-refractivity contribution in [2.75, 3.05) is 13.7 Å². The summed E-state index contributed by atoms with van der Waals surface area (Å²) in [6.45, 7) is -0.108. The molecule has 0 aliphatic carbocycles. The van der Waals surface area contributed by atoms with E-state index in [0.717, 1.165) is 16.5 Å². The van der Waals surface area contributed by atoms with E-state index in [0.29, 0.717) is 5.56 Å². The zero-order valence-corrected chi connectivity index (χ0v) is 21.7. The zero-order chi connectivity index (χ0) is 29.5. The average Bonchev–Trinajstić information content (AvgIpc) is 3.23. The van der Waals surface area contributed by atoms with Crippen molar-refractivity contribution in [3.8, 4) is 17.6 Å². The number of carbonyl (C=O) groups is 4. The number of nitro benzene ring substituents is 1. The molecule has 3 aromatic carbocycles. The lowest BCUT2D eigenvalue weighted by atomic mass is 10.1. The van der Waals surface area contributed by atoms with Crippen molar-refractivity contribution in [3.63, 3.8) is 0 Å². The van der Waals surface area contributed by atoms with Crippen LogP contribution in [0, 0.1) is 21.4 Å². The van der Waals surface area contributed by atoms with E-state index in [-0.39, 0.29) is 47.7 Å². The van der Waals surface area contributed by atoms with Gasteiger partial charge in [0.25, 0.3) is 23.4 Å². The smallest absolute Gasteiger partial charge is 0.313 e. The van der Waals surface area contributed by atoms with E-state index in [2.05, 4.69) is 5.32 Å². The fraction of sp³-hybridized carbons (Fsp3) is 0.138. The Balaban J connectivity index is 1.40. The topological polar surface area (TPSA) is 169 Å². The first-order chi connectivity index (χ1) is 19.7. The third kappa shape index (κ3) is 6.26. The summed E-state index contributed by atoms with van der Waals surface area (Å²) >= 11 is 0. The van der Waals surface area contributed by atoms with Gasteiger partial charge in [-0.2, -0.15) is 5.26 Å². The summed E-state index contributed by atoms with van der Waals surface area (Å²) in [5, 5.41) is 23.4. The van der Waals surface area contributed by atoms with Crippen LogP contribution in [0.5, 0.6) is 11.5 Å². The summed E-state index contributed by atoms with van der Waals surface area (Å²) < 4.78 is 10.6. The quantitative estimate of drug-likeness (QED) is 0.0750. The van der Waals surface area contributed by atoms with Crippen molar-refractivity contribution < 1.29 is 33.6 Å². The summed E-state index contributed by atoms with van der Waals surface area (Å²) in [5.41, 5.74) is 0.253. The molecule has 1 heterocycles. The van der Waals surface area contributed by atoms with Gasteiger partial charge in [0.2, 0.25) is 0 Å². The van der Waals surface area contributed by atoms with Crippen molar-refractivity contribution in [1.82, 2.24) is 10.2 Å². The molecular formula is C29H22N4O8. The van der Waals surface area contributed by atoms with E-state index in [1.807, 2.05) is 36.4 Å². The maximum absolute atomic E-state index is 12.7. The molecule has 0 unspecified atom stereocenters. The third-order valence-electron chi connectivity index (χ3n) is 6.10. The number of esters is 1. The number of rotatable bonds is 10. The molecule has 1 aliphatic heterocycles. The van der Waals surface area contributed by atoms with Crippen molar-refractivity contribution in [2.24, 2.45) is 0 Å². The minimum absolute atomic E-state index is 0.0275. The minimum atomic E-state index is -0.861. The van der Waals surface area contributed by atoms with Gasteiger partial charge in [-0.3, -0.25) is 34.2 Å². The molecular weight excluding hydrogens is 532 g/mol. The molecule has 0 fully saturated rings. The van der Waals surface area contributed by atoms with Gasteiger partial charge >= 0.3 is 5.97 Å². The normalized spacial score (nSPS) is 12.4. The van der Waals surface area contributed by atoms with Crippen LogP contribution in [0.25, 0.3) is 6.08 Å². The number of methoxy groups -OCH3 is 1. The van der Waals surface area contributed by atoms with Gasteiger partial charge in [-0.1, -0.05) is 42.5 Å². The molecule has 206 valence electrons. The number of hydrogen-bond acceptors (Lipinski definition) is 9. The van der Waals surface area contributed by atoms with Crippen LogP contribution >= 0.6 is 0 Å². The second-order valence-corrected chi connectivity index (χ2v) is 8.69. The summed E-state index contributed by atoms with van der Waals surface area (Å²) in [5.74, 6) is -2.80. The first-order valence-corrected chi connectivity index (χ1v) is 12.2. The molecule has 41 heavy (non-hydrogen) atoms. The molecule has 0 aromatic heterocycles. The highest BCUT2D eigenvalue weighted by molar-refractivity contribution is 6.23. The van der Waals surface area contributed by atoms with Crippen molar-refractivity contribution in [2.45, 2.75) is 13.0 Å². The van der Waals surface area contributed by atoms with Crippen molar-refractivity contribution in [1.29, 1.82) is 5.26 Å². The second kappa shape index (κ2) is 12.4. The number of hydrogen-bond donors (Lipinski definition) is 1. The van der Waals surface area contributed by atoms with Gasteiger partial charge in [-0.15, -0.1) is 0 Å². The summed E-state index contributed by atoms with van der Waals surface area (Å²) in [6.07, 6.45) is 0.972. The van der Waals surface area contributed by atoms with Crippen LogP contribution in [0.4, 0.5) is 5.69 Å². The predicted molar refractivity (Wildman–Crippen MR) is 144 cm³/mol. The molecule has 4 rings (SSSR count). The van der Waals surface area contributed by atoms with Gasteiger partial charge in [0, 0.05) is 19.2 Å². The Bertz CT molecular complexity index is 1630. The lowest BCUT2D eigenvalue weighted by Gasteiger charge is -2.14. The molecule has 0 saturated heterocycles. The Morgan fingerprint density at radius 3 is 2.49 bits per heavy atom. The lowest BCUT2D eigenvalue weighted by molar-refractivity contribution is -0.385. The molecule has 12 heteroatoms. The number of ether oxygens (including phenoxy) is 2. The Labute approximate surface area is 233 Å². The fourth-order valence-electron chi connectivity index (χ4n) is 4.09. The van der Waals surface area contributed by atoms with Crippen LogP contribution < -0.4 is 14.8 Å². The molecule has 0 radical (unpaired) electrons. The summed E-state index contributed by atoms with van der Waals surface area (Å²) in [7, 11) is 1.34. The van der Waals surface area contributed by atoms with E-state index in [9.17, 15) is 34.6 Å². The van der Waals surface area contributed by atoms with Crippen LogP contribution in [0.15, 0.2) is 72.3 Å². The third-order valence-corrected chi connectivity index (χ3v) is 6.10. The molecule has 1 N–H and O–H groups in total. The van der Waals surface area contributed by atoms with Gasteiger partial charge in [0.1, 0.15) is 17.2 Å². The number of nitriles is 1. The Morgan fingerprint density at radius 1 is 1.05 bits per heavy atom. The maximum Gasteiger partial charge on any atom is 0.313 e. The predicted octanol–water partition coefficient (Wildman–Crippen LogP) is 3.42. The molecule has 0 saturated carbocycles. The van der Waals surface area contributed by atoms with Crippen LogP contribution in [-0.2, 0) is 16.1 Å². The number of nitrogens with zero attached hydrogens (tertiary/aromatic N) is 3. The number of carbonyl (C=O) groups excluding carboxylic acids is 4. The lowest BCUT2D eigenvalue weighted by Crippen LogP contribution is -2.32. The summed E-state index contributed by atoms with van der Waals surface area (Å²) in [4.78, 5) is 61.6. The van der Waals surface area contributed by atoms with Crippen LogP contribution in [0.2, 0.25) is 0 Å². The molecule has 1 aliphatic rings. The number of imide groups is 1. The van der Waals surface area contributed by atoms with E-state index in [1.54, 1.807) is 0 Å². The van der Waals surface area contributed by atoms with E-state index in [1.165, 1.54) is 43.5 Å².